The molecule has 2 rings (SSSR count). The van der Waals surface area contributed by atoms with Gasteiger partial charge in [-0.05, 0) is 24.5 Å². The van der Waals surface area contributed by atoms with Crippen LogP contribution in [0.1, 0.15) is 31.2 Å². The van der Waals surface area contributed by atoms with Crippen LogP contribution in [-0.2, 0) is 11.3 Å². The number of nitro benzene ring substituents is 1. The molecule has 1 aliphatic carbocycles. The molecular formula is C15H21N3O4. The second-order valence-electron chi connectivity index (χ2n) is 5.54. The largest absolute Gasteiger partial charge is 0.490 e. The van der Waals surface area contributed by atoms with E-state index in [2.05, 4.69) is 5.32 Å². The lowest BCUT2D eigenvalue weighted by molar-refractivity contribution is -0.385. The highest BCUT2D eigenvalue weighted by atomic mass is 16.6. The summed E-state index contributed by atoms with van der Waals surface area (Å²) in [6.45, 7) is 0.458. The topological polar surface area (TPSA) is 107 Å². The Balaban J connectivity index is 2.06. The van der Waals surface area contributed by atoms with Gasteiger partial charge in [0.05, 0.1) is 18.0 Å². The van der Waals surface area contributed by atoms with E-state index in [0.717, 1.165) is 31.2 Å². The molecular weight excluding hydrogens is 286 g/mol. The zero-order valence-electron chi connectivity index (χ0n) is 12.6. The van der Waals surface area contributed by atoms with Crippen LogP contribution < -0.4 is 15.8 Å². The van der Waals surface area contributed by atoms with Gasteiger partial charge in [-0.25, -0.2) is 0 Å². The SMILES string of the molecule is COc1ccc(CN[C@H]2CCCC[C@@H]2C(N)=O)cc1[N+](=O)[O-]. The molecule has 120 valence electrons. The molecule has 7 nitrogen and oxygen atoms in total. The van der Waals surface area contributed by atoms with E-state index in [4.69, 9.17) is 10.5 Å². The summed E-state index contributed by atoms with van der Waals surface area (Å²) in [4.78, 5) is 22.0. The minimum atomic E-state index is -0.463. The van der Waals surface area contributed by atoms with Crippen LogP contribution in [0.4, 0.5) is 5.69 Å². The number of nitro groups is 1. The van der Waals surface area contributed by atoms with Crippen molar-refractivity contribution in [1.29, 1.82) is 0 Å². The van der Waals surface area contributed by atoms with Crippen molar-refractivity contribution in [3.63, 3.8) is 0 Å². The highest BCUT2D eigenvalue weighted by Crippen LogP contribution is 2.28. The fourth-order valence-electron chi connectivity index (χ4n) is 2.95. The summed E-state index contributed by atoms with van der Waals surface area (Å²) in [6, 6.07) is 4.89. The van der Waals surface area contributed by atoms with Crippen LogP contribution in [0.5, 0.6) is 5.75 Å². The molecule has 1 aromatic rings. The van der Waals surface area contributed by atoms with Crippen LogP contribution in [0, 0.1) is 16.0 Å². The average Bonchev–Trinajstić information content (AvgIpc) is 2.52. The zero-order chi connectivity index (χ0) is 16.1. The van der Waals surface area contributed by atoms with Crippen LogP contribution in [0.15, 0.2) is 18.2 Å². The summed E-state index contributed by atoms with van der Waals surface area (Å²) >= 11 is 0. The van der Waals surface area contributed by atoms with E-state index < -0.39 is 4.92 Å². The van der Waals surface area contributed by atoms with E-state index >= 15 is 0 Å². The second-order valence-corrected chi connectivity index (χ2v) is 5.54. The van der Waals surface area contributed by atoms with Gasteiger partial charge < -0.3 is 15.8 Å². The summed E-state index contributed by atoms with van der Waals surface area (Å²) in [5.74, 6) is -0.207. The van der Waals surface area contributed by atoms with E-state index in [9.17, 15) is 14.9 Å². The van der Waals surface area contributed by atoms with Crippen molar-refractivity contribution in [2.24, 2.45) is 11.7 Å². The number of ether oxygens (including phenoxy) is 1. The second kappa shape index (κ2) is 7.22. The van der Waals surface area contributed by atoms with E-state index in [-0.39, 0.29) is 29.3 Å². The first-order chi connectivity index (χ1) is 10.5. The predicted octanol–water partition coefficient (Wildman–Crippen LogP) is 1.74. The third kappa shape index (κ3) is 3.73. The molecule has 0 bridgehead atoms. The van der Waals surface area contributed by atoms with Gasteiger partial charge in [0.2, 0.25) is 5.91 Å². The molecule has 1 amide bonds. The normalized spacial score (nSPS) is 21.3. The molecule has 2 atom stereocenters. The number of hydrogen-bond donors (Lipinski definition) is 2. The van der Waals surface area contributed by atoms with Crippen molar-refractivity contribution in [1.82, 2.24) is 5.32 Å². The van der Waals surface area contributed by atoms with Crippen LogP contribution in [0.2, 0.25) is 0 Å². The number of primary amides is 1. The Morgan fingerprint density at radius 3 is 2.82 bits per heavy atom. The maximum atomic E-state index is 11.5. The number of rotatable bonds is 6. The third-order valence-corrected chi connectivity index (χ3v) is 4.14. The Morgan fingerprint density at radius 2 is 2.18 bits per heavy atom. The lowest BCUT2D eigenvalue weighted by Crippen LogP contribution is -2.44. The van der Waals surface area contributed by atoms with E-state index in [1.54, 1.807) is 12.1 Å². The van der Waals surface area contributed by atoms with Gasteiger partial charge in [0.25, 0.3) is 0 Å². The molecule has 3 N–H and O–H groups in total. The monoisotopic (exact) mass is 307 g/mol. The lowest BCUT2D eigenvalue weighted by atomic mass is 9.84. The quantitative estimate of drug-likeness (QED) is 0.615. The molecule has 0 heterocycles. The van der Waals surface area contributed by atoms with Crippen LogP contribution in [0.3, 0.4) is 0 Å². The molecule has 1 saturated carbocycles. The Bertz CT molecular complexity index is 562. The van der Waals surface area contributed by atoms with E-state index in [1.165, 1.54) is 13.2 Å². The predicted molar refractivity (Wildman–Crippen MR) is 81.4 cm³/mol. The van der Waals surface area contributed by atoms with Crippen molar-refractivity contribution in [2.45, 2.75) is 38.3 Å². The van der Waals surface area contributed by atoms with Gasteiger partial charge >= 0.3 is 5.69 Å². The van der Waals surface area contributed by atoms with Gasteiger partial charge in [-0.2, -0.15) is 0 Å². The van der Waals surface area contributed by atoms with Gasteiger partial charge in [0, 0.05) is 18.7 Å². The summed E-state index contributed by atoms with van der Waals surface area (Å²) in [5.41, 5.74) is 6.16. The minimum absolute atomic E-state index is 0.0346. The smallest absolute Gasteiger partial charge is 0.311 e. The number of carbonyl (C=O) groups excluding carboxylic acids is 1. The first-order valence-corrected chi connectivity index (χ1v) is 7.37. The molecule has 0 unspecified atom stereocenters. The maximum Gasteiger partial charge on any atom is 0.311 e. The molecule has 7 heteroatoms. The Labute approximate surface area is 129 Å². The number of hydrogen-bond acceptors (Lipinski definition) is 5. The van der Waals surface area contributed by atoms with Crippen molar-refractivity contribution in [3.8, 4) is 5.75 Å². The summed E-state index contributed by atoms with van der Waals surface area (Å²) in [7, 11) is 1.40. The Hall–Kier alpha value is -2.15. The van der Waals surface area contributed by atoms with Crippen LogP contribution in [0.25, 0.3) is 0 Å². The number of carbonyl (C=O) groups is 1. The van der Waals surface area contributed by atoms with Crippen molar-refractivity contribution in [2.75, 3.05) is 7.11 Å². The summed E-state index contributed by atoms with van der Waals surface area (Å²) in [5, 5.41) is 14.3. The summed E-state index contributed by atoms with van der Waals surface area (Å²) in [6.07, 6.45) is 3.77. The van der Waals surface area contributed by atoms with Gasteiger partial charge in [-0.15, -0.1) is 0 Å². The molecule has 1 aromatic carbocycles. The fraction of sp³-hybridized carbons (Fsp3) is 0.533. The number of amides is 1. The third-order valence-electron chi connectivity index (χ3n) is 4.14. The number of nitrogens with zero attached hydrogens (tertiary/aromatic N) is 1. The highest BCUT2D eigenvalue weighted by molar-refractivity contribution is 5.77. The van der Waals surface area contributed by atoms with E-state index in [0.29, 0.717) is 6.54 Å². The van der Waals surface area contributed by atoms with Gasteiger partial charge in [0.1, 0.15) is 0 Å². The first kappa shape index (κ1) is 16.2. The fourth-order valence-corrected chi connectivity index (χ4v) is 2.95. The number of nitrogens with one attached hydrogen (secondary N) is 1. The molecule has 22 heavy (non-hydrogen) atoms. The molecule has 0 aromatic heterocycles. The van der Waals surface area contributed by atoms with Gasteiger partial charge in [-0.3, -0.25) is 14.9 Å². The minimum Gasteiger partial charge on any atom is -0.490 e. The molecule has 0 aliphatic heterocycles. The lowest BCUT2D eigenvalue weighted by Gasteiger charge is -2.30. The maximum absolute atomic E-state index is 11.5. The molecule has 0 spiro atoms. The zero-order valence-corrected chi connectivity index (χ0v) is 12.6. The van der Waals surface area contributed by atoms with Crippen LogP contribution >= 0.6 is 0 Å². The number of benzene rings is 1. The Morgan fingerprint density at radius 1 is 1.45 bits per heavy atom. The highest BCUT2D eigenvalue weighted by Gasteiger charge is 2.29. The molecule has 1 aliphatic rings. The van der Waals surface area contributed by atoms with E-state index in [1.807, 2.05) is 0 Å². The van der Waals surface area contributed by atoms with Gasteiger partial charge in [-0.1, -0.05) is 18.9 Å². The first-order valence-electron chi connectivity index (χ1n) is 7.37. The number of methoxy groups -OCH3 is 1. The standard InChI is InChI=1S/C15H21N3O4/c1-22-14-7-6-10(8-13(14)18(20)21)9-17-12-5-3-2-4-11(12)15(16)19/h6-8,11-12,17H,2-5,9H2,1H3,(H2,16,19)/t11-,12-/m0/s1. The van der Waals surface area contributed by atoms with Gasteiger partial charge in [0.15, 0.2) is 5.75 Å². The molecule has 1 fully saturated rings. The van der Waals surface area contributed by atoms with Crippen molar-refractivity contribution in [3.05, 3.63) is 33.9 Å². The van der Waals surface area contributed by atoms with Crippen molar-refractivity contribution < 1.29 is 14.5 Å². The Kier molecular flexibility index (Phi) is 5.32. The average molecular weight is 307 g/mol. The molecule has 0 radical (unpaired) electrons. The number of nitrogens with two attached hydrogens (primary N) is 1. The van der Waals surface area contributed by atoms with Crippen LogP contribution in [-0.4, -0.2) is 24.0 Å². The molecule has 0 saturated heterocycles. The summed E-state index contributed by atoms with van der Waals surface area (Å²) < 4.78 is 4.98. The van der Waals surface area contributed by atoms with Crippen molar-refractivity contribution >= 4 is 11.6 Å².